The van der Waals surface area contributed by atoms with Gasteiger partial charge in [-0.15, -0.1) is 0 Å². The van der Waals surface area contributed by atoms with E-state index in [-0.39, 0.29) is 11.5 Å². The summed E-state index contributed by atoms with van der Waals surface area (Å²) in [4.78, 5) is 3.96. The average molecular weight is 289 g/mol. The molecule has 1 aromatic heterocycles. The lowest BCUT2D eigenvalue weighted by molar-refractivity contribution is 0.414. The summed E-state index contributed by atoms with van der Waals surface area (Å²) in [5, 5.41) is 0. The first-order valence-electron chi connectivity index (χ1n) is 6.32. The van der Waals surface area contributed by atoms with Crippen molar-refractivity contribution in [1.82, 2.24) is 9.55 Å². The zero-order chi connectivity index (χ0) is 15.0. The van der Waals surface area contributed by atoms with Crippen molar-refractivity contribution in [2.75, 3.05) is 12.8 Å². The van der Waals surface area contributed by atoms with Crippen molar-refractivity contribution in [1.29, 1.82) is 0 Å². The fraction of sp³-hybridized carbons (Fsp3) is 0.133. The number of aromatic nitrogens is 2. The minimum atomic E-state index is -0.721. The van der Waals surface area contributed by atoms with Crippen molar-refractivity contribution < 1.29 is 13.5 Å². The van der Waals surface area contributed by atoms with E-state index in [9.17, 15) is 8.78 Å². The van der Waals surface area contributed by atoms with Crippen LogP contribution in [0.2, 0.25) is 0 Å². The van der Waals surface area contributed by atoms with Gasteiger partial charge in [0.2, 0.25) is 5.95 Å². The van der Waals surface area contributed by atoms with Crippen molar-refractivity contribution in [3.63, 3.8) is 0 Å². The number of nitrogens with zero attached hydrogens (tertiary/aromatic N) is 2. The van der Waals surface area contributed by atoms with Crippen LogP contribution in [0.25, 0.3) is 11.0 Å². The average Bonchev–Trinajstić information content (AvgIpc) is 2.77. The number of hydrogen-bond acceptors (Lipinski definition) is 3. The van der Waals surface area contributed by atoms with Gasteiger partial charge in [-0.05, 0) is 17.7 Å². The van der Waals surface area contributed by atoms with E-state index in [1.165, 1.54) is 6.07 Å². The second-order valence-electron chi connectivity index (χ2n) is 4.66. The maximum Gasteiger partial charge on any atom is 0.201 e. The summed E-state index contributed by atoms with van der Waals surface area (Å²) >= 11 is 0. The number of anilines is 1. The van der Waals surface area contributed by atoms with E-state index in [1.807, 2.05) is 24.3 Å². The minimum Gasteiger partial charge on any atom is -0.497 e. The largest absolute Gasteiger partial charge is 0.497 e. The third-order valence-corrected chi connectivity index (χ3v) is 3.28. The molecule has 2 aromatic carbocycles. The number of imidazole rings is 1. The van der Waals surface area contributed by atoms with Crippen LogP contribution in [-0.4, -0.2) is 16.7 Å². The van der Waals surface area contributed by atoms with Crippen molar-refractivity contribution >= 4 is 17.0 Å². The quantitative estimate of drug-likeness (QED) is 0.806. The van der Waals surface area contributed by atoms with Gasteiger partial charge >= 0.3 is 0 Å². The molecule has 3 rings (SSSR count). The first-order valence-corrected chi connectivity index (χ1v) is 6.32. The van der Waals surface area contributed by atoms with Gasteiger partial charge in [-0.25, -0.2) is 13.8 Å². The molecule has 0 aliphatic carbocycles. The van der Waals surface area contributed by atoms with E-state index in [0.29, 0.717) is 17.8 Å². The second kappa shape index (κ2) is 5.05. The predicted molar refractivity (Wildman–Crippen MR) is 76.2 cm³/mol. The van der Waals surface area contributed by atoms with Gasteiger partial charge in [-0.2, -0.15) is 0 Å². The van der Waals surface area contributed by atoms with Gasteiger partial charge in [-0.3, -0.25) is 0 Å². The first kappa shape index (κ1) is 13.4. The molecular weight excluding hydrogens is 276 g/mol. The SMILES string of the molecule is COc1cccc(Cn2c(N)nc3c(F)cc(F)cc32)c1. The summed E-state index contributed by atoms with van der Waals surface area (Å²) in [6.07, 6.45) is 0. The molecule has 0 spiro atoms. The molecular formula is C15H13F2N3O. The Labute approximate surface area is 119 Å². The monoisotopic (exact) mass is 289 g/mol. The van der Waals surface area contributed by atoms with Gasteiger partial charge in [0.1, 0.15) is 17.1 Å². The number of rotatable bonds is 3. The van der Waals surface area contributed by atoms with E-state index in [2.05, 4.69) is 4.98 Å². The molecule has 0 saturated carbocycles. The number of ether oxygens (including phenoxy) is 1. The molecule has 1 heterocycles. The van der Waals surface area contributed by atoms with Crippen LogP contribution in [0.5, 0.6) is 5.75 Å². The fourth-order valence-corrected chi connectivity index (χ4v) is 2.29. The minimum absolute atomic E-state index is 0.0665. The topological polar surface area (TPSA) is 53.1 Å². The molecule has 0 aliphatic heterocycles. The van der Waals surface area contributed by atoms with Crippen LogP contribution in [0.4, 0.5) is 14.7 Å². The van der Waals surface area contributed by atoms with E-state index >= 15 is 0 Å². The fourth-order valence-electron chi connectivity index (χ4n) is 2.29. The Morgan fingerprint density at radius 3 is 2.81 bits per heavy atom. The lowest BCUT2D eigenvalue weighted by Gasteiger charge is -2.08. The molecule has 4 nitrogen and oxygen atoms in total. The zero-order valence-electron chi connectivity index (χ0n) is 11.3. The van der Waals surface area contributed by atoms with E-state index in [1.54, 1.807) is 11.7 Å². The van der Waals surface area contributed by atoms with Crippen molar-refractivity contribution in [2.45, 2.75) is 6.54 Å². The predicted octanol–water partition coefficient (Wildman–Crippen LogP) is 2.95. The Morgan fingerprint density at radius 1 is 1.24 bits per heavy atom. The Kier molecular flexibility index (Phi) is 3.21. The summed E-state index contributed by atoms with van der Waals surface area (Å²) in [6, 6.07) is 9.39. The van der Waals surface area contributed by atoms with Gasteiger partial charge < -0.3 is 15.0 Å². The highest BCUT2D eigenvalue weighted by atomic mass is 19.1. The zero-order valence-corrected chi connectivity index (χ0v) is 11.3. The third kappa shape index (κ3) is 2.40. The molecule has 0 bridgehead atoms. The lowest BCUT2D eigenvalue weighted by atomic mass is 10.2. The van der Waals surface area contributed by atoms with E-state index < -0.39 is 11.6 Å². The van der Waals surface area contributed by atoms with Crippen LogP contribution in [0.3, 0.4) is 0 Å². The lowest BCUT2D eigenvalue weighted by Crippen LogP contribution is -2.04. The summed E-state index contributed by atoms with van der Waals surface area (Å²) < 4.78 is 33.8. The standard InChI is InChI=1S/C15H13F2N3O/c1-21-11-4-2-3-9(5-11)8-20-13-7-10(16)6-12(17)14(13)19-15(20)18/h2-7H,8H2,1H3,(H2,18,19). The van der Waals surface area contributed by atoms with Crippen molar-refractivity contribution in [2.24, 2.45) is 0 Å². The van der Waals surface area contributed by atoms with Crippen LogP contribution < -0.4 is 10.5 Å². The van der Waals surface area contributed by atoms with Crippen molar-refractivity contribution in [3.8, 4) is 5.75 Å². The molecule has 0 fully saturated rings. The number of methoxy groups -OCH3 is 1. The Hall–Kier alpha value is -2.63. The molecule has 3 aromatic rings. The highest BCUT2D eigenvalue weighted by Gasteiger charge is 2.14. The van der Waals surface area contributed by atoms with Crippen LogP contribution in [0, 0.1) is 11.6 Å². The van der Waals surface area contributed by atoms with E-state index in [4.69, 9.17) is 10.5 Å². The smallest absolute Gasteiger partial charge is 0.201 e. The van der Waals surface area contributed by atoms with Gasteiger partial charge in [0, 0.05) is 12.1 Å². The van der Waals surface area contributed by atoms with E-state index in [0.717, 1.165) is 11.6 Å². The van der Waals surface area contributed by atoms with Gasteiger partial charge in [0.05, 0.1) is 19.2 Å². The highest BCUT2D eigenvalue weighted by Crippen LogP contribution is 2.24. The summed E-state index contributed by atoms with van der Waals surface area (Å²) in [7, 11) is 1.57. The normalized spacial score (nSPS) is 11.0. The summed E-state index contributed by atoms with van der Waals surface area (Å²) in [6.45, 7) is 0.350. The number of benzene rings is 2. The maximum atomic E-state index is 13.7. The molecule has 2 N–H and O–H groups in total. The number of hydrogen-bond donors (Lipinski definition) is 1. The maximum absolute atomic E-state index is 13.7. The molecule has 6 heteroatoms. The highest BCUT2D eigenvalue weighted by molar-refractivity contribution is 5.79. The van der Waals surface area contributed by atoms with Crippen LogP contribution in [0.1, 0.15) is 5.56 Å². The summed E-state index contributed by atoms with van der Waals surface area (Å²) in [5.41, 5.74) is 7.11. The van der Waals surface area contributed by atoms with Gasteiger partial charge in [0.15, 0.2) is 5.82 Å². The summed E-state index contributed by atoms with van der Waals surface area (Å²) in [5.74, 6) is -0.543. The Balaban J connectivity index is 2.09. The Morgan fingerprint density at radius 2 is 2.05 bits per heavy atom. The first-order chi connectivity index (χ1) is 10.1. The molecule has 0 aliphatic rings. The molecule has 108 valence electrons. The van der Waals surface area contributed by atoms with Crippen LogP contribution in [-0.2, 0) is 6.54 Å². The molecule has 21 heavy (non-hydrogen) atoms. The number of halogens is 2. The Bertz CT molecular complexity index is 814. The molecule has 0 amide bonds. The number of fused-ring (bicyclic) bond motifs is 1. The molecule has 0 saturated heterocycles. The van der Waals surface area contributed by atoms with Gasteiger partial charge in [-0.1, -0.05) is 12.1 Å². The number of nitrogen functional groups attached to an aromatic ring is 1. The van der Waals surface area contributed by atoms with Crippen LogP contribution in [0.15, 0.2) is 36.4 Å². The molecule has 0 atom stereocenters. The molecule has 0 unspecified atom stereocenters. The molecule has 0 radical (unpaired) electrons. The van der Waals surface area contributed by atoms with Gasteiger partial charge in [0.25, 0.3) is 0 Å². The number of nitrogens with two attached hydrogens (primary N) is 1. The van der Waals surface area contributed by atoms with Crippen molar-refractivity contribution in [3.05, 3.63) is 53.6 Å². The second-order valence-corrected chi connectivity index (χ2v) is 4.66. The third-order valence-electron chi connectivity index (χ3n) is 3.28. The van der Waals surface area contributed by atoms with Crippen LogP contribution >= 0.6 is 0 Å².